The lowest BCUT2D eigenvalue weighted by Gasteiger charge is -2.14. The van der Waals surface area contributed by atoms with Crippen molar-refractivity contribution in [2.45, 2.75) is 19.2 Å². The molecule has 0 amide bonds. The van der Waals surface area contributed by atoms with Crippen LogP contribution in [-0.2, 0) is 13.0 Å². The first-order chi connectivity index (χ1) is 12.2. The Bertz CT molecular complexity index is 1020. The third kappa shape index (κ3) is 3.40. The van der Waals surface area contributed by atoms with Crippen molar-refractivity contribution in [2.24, 2.45) is 0 Å². The summed E-state index contributed by atoms with van der Waals surface area (Å²) in [5.74, 6) is 0. The van der Waals surface area contributed by atoms with Crippen LogP contribution in [0.3, 0.4) is 0 Å². The Balaban J connectivity index is 1.48. The van der Waals surface area contributed by atoms with Gasteiger partial charge in [0.2, 0.25) is 0 Å². The second kappa shape index (κ2) is 6.89. The second-order valence-corrected chi connectivity index (χ2v) is 6.65. The van der Waals surface area contributed by atoms with Crippen LogP contribution in [0.25, 0.3) is 21.8 Å². The third-order valence-corrected chi connectivity index (χ3v) is 4.85. The van der Waals surface area contributed by atoms with Crippen molar-refractivity contribution in [3.63, 3.8) is 0 Å². The van der Waals surface area contributed by atoms with Crippen LogP contribution in [0.15, 0.2) is 66.7 Å². The minimum absolute atomic E-state index is 0.537. The summed E-state index contributed by atoms with van der Waals surface area (Å²) in [6.07, 6.45) is -0.0893. The number of hydrogen-bond acceptors (Lipinski definition) is 2. The molecule has 4 rings (SSSR count). The Hall–Kier alpha value is -2.33. The average molecular weight is 351 g/mol. The first-order valence-electron chi connectivity index (χ1n) is 8.35. The molecule has 0 aliphatic carbocycles. The fourth-order valence-electron chi connectivity index (χ4n) is 3.19. The van der Waals surface area contributed by atoms with Crippen LogP contribution in [-0.4, -0.2) is 16.3 Å². The van der Waals surface area contributed by atoms with Gasteiger partial charge in [-0.3, -0.25) is 5.32 Å². The molecule has 3 nitrogen and oxygen atoms in total. The molecule has 4 aromatic rings. The van der Waals surface area contributed by atoms with Gasteiger partial charge in [-0.05, 0) is 29.3 Å². The summed E-state index contributed by atoms with van der Waals surface area (Å²) in [5.41, 5.74) is 4.29. The molecule has 1 aromatic heterocycles. The molecule has 0 aliphatic rings. The number of H-pyrrole nitrogens is 1. The number of benzene rings is 3. The van der Waals surface area contributed by atoms with Crippen LogP contribution in [0.1, 0.15) is 11.1 Å². The molecule has 126 valence electrons. The van der Waals surface area contributed by atoms with Crippen molar-refractivity contribution < 1.29 is 5.11 Å². The summed E-state index contributed by atoms with van der Waals surface area (Å²) in [6.45, 7) is 0.537. The molecule has 0 saturated heterocycles. The minimum atomic E-state index is -0.627. The number of fused-ring (bicyclic) bond motifs is 3. The van der Waals surface area contributed by atoms with Gasteiger partial charge in [-0.1, -0.05) is 60.1 Å². The van der Waals surface area contributed by atoms with Gasteiger partial charge in [0.1, 0.15) is 6.23 Å². The Morgan fingerprint density at radius 3 is 2.56 bits per heavy atom. The Morgan fingerprint density at radius 2 is 1.68 bits per heavy atom. The maximum Gasteiger partial charge on any atom is 0.109 e. The molecule has 0 bridgehead atoms. The quantitative estimate of drug-likeness (QED) is 0.460. The highest BCUT2D eigenvalue weighted by atomic mass is 35.5. The van der Waals surface area contributed by atoms with Gasteiger partial charge >= 0.3 is 0 Å². The van der Waals surface area contributed by atoms with Gasteiger partial charge in [0, 0.05) is 39.8 Å². The number of aromatic amines is 1. The predicted octanol–water partition coefficient (Wildman–Crippen LogP) is 4.63. The molecule has 0 spiro atoms. The maximum absolute atomic E-state index is 10.3. The van der Waals surface area contributed by atoms with Gasteiger partial charge in [-0.25, -0.2) is 0 Å². The number of aliphatic hydroxyl groups is 1. The summed E-state index contributed by atoms with van der Waals surface area (Å²) in [4.78, 5) is 3.44. The number of aromatic nitrogens is 1. The van der Waals surface area contributed by atoms with E-state index in [1.165, 1.54) is 10.8 Å². The SMILES string of the molecule is OC(Cc1ccc2c(c1)[nH]c1ccccc12)NCc1ccccc1Cl. The number of aliphatic hydroxyl groups excluding tert-OH is 1. The maximum atomic E-state index is 10.3. The molecule has 1 atom stereocenters. The normalized spacial score (nSPS) is 12.7. The predicted molar refractivity (Wildman–Crippen MR) is 104 cm³/mol. The minimum Gasteiger partial charge on any atom is -0.378 e. The van der Waals surface area contributed by atoms with Crippen LogP contribution in [0, 0.1) is 0 Å². The van der Waals surface area contributed by atoms with Crippen LogP contribution in [0.2, 0.25) is 5.02 Å². The topological polar surface area (TPSA) is 48.0 Å². The highest BCUT2D eigenvalue weighted by Gasteiger charge is 2.09. The third-order valence-electron chi connectivity index (χ3n) is 4.49. The standard InChI is InChI=1S/C21H19ClN2O/c22-18-7-3-1-5-15(18)13-23-21(25)12-14-9-10-17-16-6-2-4-8-19(16)24-20(17)11-14/h1-11,21,23-25H,12-13H2. The number of para-hydroxylation sites is 1. The van der Waals surface area contributed by atoms with E-state index in [9.17, 15) is 5.11 Å². The Kier molecular flexibility index (Phi) is 4.45. The van der Waals surface area contributed by atoms with Gasteiger partial charge < -0.3 is 10.1 Å². The molecule has 1 unspecified atom stereocenters. The molecule has 3 aromatic carbocycles. The van der Waals surface area contributed by atoms with E-state index >= 15 is 0 Å². The molecule has 25 heavy (non-hydrogen) atoms. The van der Waals surface area contributed by atoms with Crippen LogP contribution >= 0.6 is 11.6 Å². The van der Waals surface area contributed by atoms with E-state index in [0.717, 1.165) is 22.2 Å². The lowest BCUT2D eigenvalue weighted by Crippen LogP contribution is -2.30. The van der Waals surface area contributed by atoms with Gasteiger partial charge in [0.25, 0.3) is 0 Å². The van der Waals surface area contributed by atoms with Gasteiger partial charge in [-0.2, -0.15) is 0 Å². The highest BCUT2D eigenvalue weighted by molar-refractivity contribution is 6.31. The summed E-state index contributed by atoms with van der Waals surface area (Å²) in [7, 11) is 0. The molecule has 0 aliphatic heterocycles. The number of nitrogens with one attached hydrogen (secondary N) is 2. The fraction of sp³-hybridized carbons (Fsp3) is 0.143. The zero-order chi connectivity index (χ0) is 17.2. The van der Waals surface area contributed by atoms with E-state index in [4.69, 9.17) is 11.6 Å². The summed E-state index contributed by atoms with van der Waals surface area (Å²) >= 11 is 6.15. The van der Waals surface area contributed by atoms with E-state index in [-0.39, 0.29) is 0 Å². The number of hydrogen-bond donors (Lipinski definition) is 3. The molecule has 0 radical (unpaired) electrons. The molecule has 1 heterocycles. The average Bonchev–Trinajstić information content (AvgIpc) is 2.99. The Labute approximate surface area is 151 Å². The van der Waals surface area contributed by atoms with E-state index < -0.39 is 6.23 Å². The molecular formula is C21H19ClN2O. The van der Waals surface area contributed by atoms with Crippen molar-refractivity contribution in [3.8, 4) is 0 Å². The van der Waals surface area contributed by atoms with Crippen molar-refractivity contribution >= 4 is 33.4 Å². The van der Waals surface area contributed by atoms with Gasteiger partial charge in [0.05, 0.1) is 0 Å². The van der Waals surface area contributed by atoms with E-state index in [1.54, 1.807) is 0 Å². The van der Waals surface area contributed by atoms with Gasteiger partial charge in [0.15, 0.2) is 0 Å². The first kappa shape index (κ1) is 16.2. The van der Waals surface area contributed by atoms with Crippen LogP contribution in [0.5, 0.6) is 0 Å². The molecule has 0 saturated carbocycles. The van der Waals surface area contributed by atoms with Crippen LogP contribution < -0.4 is 5.32 Å². The van der Waals surface area contributed by atoms with E-state index in [1.807, 2.05) is 36.4 Å². The smallest absolute Gasteiger partial charge is 0.109 e. The largest absolute Gasteiger partial charge is 0.378 e. The molecular weight excluding hydrogens is 332 g/mol. The number of rotatable bonds is 5. The number of halogens is 1. The Morgan fingerprint density at radius 1 is 0.920 bits per heavy atom. The summed E-state index contributed by atoms with van der Waals surface area (Å²) in [5, 5.41) is 16.6. The van der Waals surface area contributed by atoms with Crippen LogP contribution in [0.4, 0.5) is 0 Å². The van der Waals surface area contributed by atoms with Crippen molar-refractivity contribution in [3.05, 3.63) is 82.9 Å². The van der Waals surface area contributed by atoms with Crippen molar-refractivity contribution in [1.82, 2.24) is 10.3 Å². The lowest BCUT2D eigenvalue weighted by molar-refractivity contribution is 0.135. The second-order valence-electron chi connectivity index (χ2n) is 6.24. The molecule has 4 heteroatoms. The summed E-state index contributed by atoms with van der Waals surface area (Å²) < 4.78 is 0. The summed E-state index contributed by atoms with van der Waals surface area (Å²) in [6, 6.07) is 22.2. The van der Waals surface area contributed by atoms with E-state index in [2.05, 4.69) is 40.6 Å². The zero-order valence-electron chi connectivity index (χ0n) is 13.7. The monoisotopic (exact) mass is 350 g/mol. The highest BCUT2D eigenvalue weighted by Crippen LogP contribution is 2.26. The lowest BCUT2D eigenvalue weighted by atomic mass is 10.1. The van der Waals surface area contributed by atoms with E-state index in [0.29, 0.717) is 18.0 Å². The molecule has 3 N–H and O–H groups in total. The zero-order valence-corrected chi connectivity index (χ0v) is 14.4. The van der Waals surface area contributed by atoms with Crippen molar-refractivity contribution in [1.29, 1.82) is 0 Å². The van der Waals surface area contributed by atoms with Gasteiger partial charge in [-0.15, -0.1) is 0 Å². The fourth-order valence-corrected chi connectivity index (χ4v) is 3.40. The molecule has 0 fully saturated rings. The van der Waals surface area contributed by atoms with Crippen molar-refractivity contribution in [2.75, 3.05) is 0 Å². The first-order valence-corrected chi connectivity index (χ1v) is 8.73.